The van der Waals surface area contributed by atoms with Gasteiger partial charge < -0.3 is 87.4 Å². The second-order valence-corrected chi connectivity index (χ2v) is 29.1. The van der Waals surface area contributed by atoms with Crippen LogP contribution in [0.3, 0.4) is 0 Å². The number of urea groups is 1. The number of anilines is 1. The second kappa shape index (κ2) is 42.2. The largest absolute Gasteiger partial charge is 0.445 e. The first kappa shape index (κ1) is 85.9. The van der Waals surface area contributed by atoms with Gasteiger partial charge in [0.15, 0.2) is 0 Å². The highest BCUT2D eigenvalue weighted by Gasteiger charge is 2.44. The number of hydrogen-bond donors (Lipinski definition) is 11. The molecule has 0 aliphatic carbocycles. The van der Waals surface area contributed by atoms with Crippen LogP contribution >= 0.6 is 11.3 Å². The van der Waals surface area contributed by atoms with Crippen LogP contribution in [-0.2, 0) is 70.3 Å². The number of aromatic nitrogens is 1. The van der Waals surface area contributed by atoms with E-state index in [4.69, 9.17) is 24.7 Å². The average Bonchev–Trinajstić information content (AvgIpc) is 1.46. The Labute approximate surface area is 604 Å². The minimum atomic E-state index is -1.61. The second-order valence-electron chi connectivity index (χ2n) is 28.2. The van der Waals surface area contributed by atoms with E-state index in [0.717, 1.165) is 10.6 Å². The number of nitrogens with zero attached hydrogens (tertiary/aromatic N) is 3. The first-order valence-electron chi connectivity index (χ1n) is 35.2. The van der Waals surface area contributed by atoms with Crippen molar-refractivity contribution < 1.29 is 76.8 Å². The molecular weight excluding hydrogens is 1330 g/mol. The van der Waals surface area contributed by atoms with Crippen molar-refractivity contribution in [3.8, 4) is 0 Å². The number of carbonyl (C=O) groups is 11. The van der Waals surface area contributed by atoms with E-state index in [-0.39, 0.29) is 81.3 Å². The molecule has 12 amide bonds. The van der Waals surface area contributed by atoms with Gasteiger partial charge in [-0.25, -0.2) is 19.4 Å². The van der Waals surface area contributed by atoms with Crippen molar-refractivity contribution in [3.05, 3.63) is 82.3 Å². The predicted octanol–water partition coefficient (Wildman–Crippen LogP) is 5.88. The summed E-state index contributed by atoms with van der Waals surface area (Å²) in [5.41, 5.74) is 4.76. The number of aliphatic hydroxyl groups is 1. The number of ether oxygens (including phenoxy) is 4. The molecule has 1 fully saturated rings. The number of unbranched alkanes of at least 4 members (excludes halogenated alkanes) is 1. The molecule has 11 atom stereocenters. The molecule has 1 aliphatic heterocycles. The third kappa shape index (κ3) is 28.0. The van der Waals surface area contributed by atoms with Crippen LogP contribution in [0.15, 0.2) is 66.2 Å². The fourth-order valence-electron chi connectivity index (χ4n) is 12.0. The zero-order valence-corrected chi connectivity index (χ0v) is 62.9. The van der Waals surface area contributed by atoms with Gasteiger partial charge in [0.2, 0.25) is 47.3 Å². The molecule has 4 rings (SSSR count). The molecule has 2 aromatic carbocycles. The molecule has 1 saturated heterocycles. The molecule has 1 aliphatic rings. The molecule has 29 nitrogen and oxygen atoms in total. The van der Waals surface area contributed by atoms with E-state index in [2.05, 4.69) is 52.8 Å². The van der Waals surface area contributed by atoms with Crippen molar-refractivity contribution in [2.45, 2.75) is 226 Å². The van der Waals surface area contributed by atoms with Gasteiger partial charge in [0, 0.05) is 64.6 Å². The Bertz CT molecular complexity index is 3190. The van der Waals surface area contributed by atoms with Gasteiger partial charge in [-0.05, 0) is 127 Å². The van der Waals surface area contributed by atoms with Gasteiger partial charge in [-0.3, -0.25) is 38.4 Å². The van der Waals surface area contributed by atoms with Crippen LogP contribution in [0.4, 0.5) is 20.1 Å². The summed E-state index contributed by atoms with van der Waals surface area (Å²) in [6.45, 7) is 20.8. The maximum absolute atomic E-state index is 14.8. The van der Waals surface area contributed by atoms with Crippen molar-refractivity contribution in [2.75, 3.05) is 52.8 Å². The van der Waals surface area contributed by atoms with Gasteiger partial charge >= 0.3 is 18.2 Å². The van der Waals surface area contributed by atoms with Gasteiger partial charge in [0.1, 0.15) is 46.9 Å². The van der Waals surface area contributed by atoms with Crippen molar-refractivity contribution >= 4 is 82.5 Å². The van der Waals surface area contributed by atoms with Gasteiger partial charge in [-0.15, -0.1) is 11.3 Å². The summed E-state index contributed by atoms with van der Waals surface area (Å²) in [5, 5.41) is 36.6. The van der Waals surface area contributed by atoms with Gasteiger partial charge in [0.05, 0.1) is 49.3 Å². The summed E-state index contributed by atoms with van der Waals surface area (Å²) >= 11 is 1.46. The van der Waals surface area contributed by atoms with Crippen molar-refractivity contribution in [2.24, 2.45) is 29.4 Å². The topological polar surface area (TPSA) is 399 Å². The number of nitrogens with one attached hydrogen (secondary N) is 9. The maximum atomic E-state index is 14.8. The van der Waals surface area contributed by atoms with Crippen molar-refractivity contribution in [1.82, 2.24) is 57.3 Å². The third-order valence-corrected chi connectivity index (χ3v) is 18.7. The van der Waals surface area contributed by atoms with E-state index in [1.807, 2.05) is 49.6 Å². The number of aliphatic hydroxyl groups excluding tert-OH is 1. The summed E-state index contributed by atoms with van der Waals surface area (Å²) in [7, 11) is 4.67. The number of thiazole rings is 1. The lowest BCUT2D eigenvalue weighted by atomic mass is 9.89. The first-order valence-corrected chi connectivity index (χ1v) is 36.1. The fourth-order valence-corrected chi connectivity index (χ4v) is 12.7. The van der Waals surface area contributed by atoms with Crippen LogP contribution in [-0.4, -0.2) is 192 Å². The lowest BCUT2D eigenvalue weighted by molar-refractivity contribution is -0.148. The summed E-state index contributed by atoms with van der Waals surface area (Å²) in [6, 6.07) is 9.24. The molecule has 3 aromatic rings. The Morgan fingerprint density at radius 1 is 0.735 bits per heavy atom. The summed E-state index contributed by atoms with van der Waals surface area (Å²) in [5.74, 6) is -6.04. The van der Waals surface area contributed by atoms with Gasteiger partial charge in [0.25, 0.3) is 0 Å². The number of amides is 12. The molecule has 102 heavy (non-hydrogen) atoms. The smallest absolute Gasteiger partial charge is 0.408 e. The Hall–Kier alpha value is -8.48. The molecule has 0 bridgehead atoms. The number of nitrogens with two attached hydrogens (primary N) is 1. The number of benzene rings is 2. The zero-order valence-electron chi connectivity index (χ0n) is 62.1. The number of methoxy groups -OCH3 is 2. The number of carbonyl (C=O) groups excluding carboxylic acids is 11. The van der Waals surface area contributed by atoms with E-state index < -0.39 is 138 Å². The van der Waals surface area contributed by atoms with Gasteiger partial charge in [-0.2, -0.15) is 0 Å². The van der Waals surface area contributed by atoms with E-state index in [1.165, 1.54) is 49.3 Å². The van der Waals surface area contributed by atoms with E-state index >= 15 is 0 Å². The number of rotatable bonds is 41. The summed E-state index contributed by atoms with van der Waals surface area (Å²) in [6.07, 6.45) is 1.92. The molecular formula is C72H113N13O16S. The standard InChI is InChI=1S/C72H113N13O16S/c1-16-45(6)59(54(98-14)41-56(88)85-37-23-28-53(85)60(99-15)46(7)61(89)80-52(65-74-36-39-102-65)40-47-24-18-17-19-25-47)84(13)66(93)58(44(4)5)82-67(94)72(11,12)83-70(97)100-42-48-29-31-49(32-30-48)77-62(90)51(27-22-35-75-68(73)95)79-64(92)57(43(2)3)81-63(91)50(78-55(87)33-38-86)26-20-21-34-76-69(96)101-71(8,9)10/h17-19,24-25,29-32,36,39,43-46,50-54,57-60,86H,16,20-23,26-28,33-35,37-38,40-42H2,1-15H3,(H,76,96)(H,77,90)(H,78,87)(H,79,92)(H,80,89)(H,81,91)(H,82,94)(H,83,97)(H3,73,75,95)/t45-,46+,50-,51-,52-,53-,54+,57-,58-,59-,60+/m0/s1. The van der Waals surface area contributed by atoms with E-state index in [1.54, 1.807) is 92.8 Å². The third-order valence-electron chi connectivity index (χ3n) is 17.8. The van der Waals surface area contributed by atoms with Crippen LogP contribution in [0.1, 0.15) is 169 Å². The minimum Gasteiger partial charge on any atom is -0.445 e. The van der Waals surface area contributed by atoms with Crippen LogP contribution in [0, 0.1) is 23.7 Å². The monoisotopic (exact) mass is 1450 g/mol. The van der Waals surface area contributed by atoms with E-state index in [9.17, 15) is 57.8 Å². The molecule has 568 valence electrons. The molecule has 0 radical (unpaired) electrons. The quantitative estimate of drug-likeness (QED) is 0.0295. The molecule has 12 N–H and O–H groups in total. The van der Waals surface area contributed by atoms with Crippen LogP contribution in [0.5, 0.6) is 0 Å². The first-order chi connectivity index (χ1) is 48.1. The highest BCUT2D eigenvalue weighted by Crippen LogP contribution is 2.31. The maximum Gasteiger partial charge on any atom is 0.408 e. The van der Waals surface area contributed by atoms with Crippen molar-refractivity contribution in [3.63, 3.8) is 0 Å². The molecule has 0 unspecified atom stereocenters. The fraction of sp³-hybridized carbons (Fsp3) is 0.639. The normalized spacial score (nSPS) is 16.1. The van der Waals surface area contributed by atoms with E-state index in [0.29, 0.717) is 50.6 Å². The molecule has 0 spiro atoms. The average molecular weight is 1450 g/mol. The number of primary amides is 1. The predicted molar refractivity (Wildman–Crippen MR) is 386 cm³/mol. The Balaban J connectivity index is 1.38. The Morgan fingerprint density at radius 2 is 1.38 bits per heavy atom. The number of alkyl carbamates (subject to hydrolysis) is 2. The lowest BCUT2D eigenvalue weighted by Crippen LogP contribution is -2.62. The highest BCUT2D eigenvalue weighted by molar-refractivity contribution is 7.09. The number of hydrogen-bond acceptors (Lipinski definition) is 18. The zero-order chi connectivity index (χ0) is 76.0. The lowest BCUT2D eigenvalue weighted by Gasteiger charge is -2.41. The number of likely N-dealkylation sites (tertiary alicyclic amines) is 1. The summed E-state index contributed by atoms with van der Waals surface area (Å²) in [4.78, 5) is 157. The SMILES string of the molecule is CC[C@H](C)[C@@H]([C@@H](CC(=O)N1CCC[C@H]1[C@H](OC)[C@@H](C)C(=O)N[C@@H](Cc1ccccc1)c1nccs1)OC)N(C)C(=O)[C@@H](NC(=O)C(C)(C)NC(=O)OCc1ccc(NC(=O)[C@H](CCCNC(N)=O)NC(=O)[C@@H](NC(=O)[C@H](CCCCNC(=O)OC(C)(C)C)NC(=O)CCO)C(C)C)cc1)C(C)C. The van der Waals surface area contributed by atoms with Crippen LogP contribution in [0.2, 0.25) is 0 Å². The summed E-state index contributed by atoms with van der Waals surface area (Å²) < 4.78 is 23.0. The highest BCUT2D eigenvalue weighted by atomic mass is 32.1. The molecule has 30 heteroatoms. The van der Waals surface area contributed by atoms with Crippen LogP contribution < -0.4 is 53.6 Å². The molecule has 2 heterocycles. The van der Waals surface area contributed by atoms with Gasteiger partial charge in [-0.1, -0.05) is 97.4 Å². The van der Waals surface area contributed by atoms with Crippen LogP contribution in [0.25, 0.3) is 0 Å². The molecule has 0 saturated carbocycles. The Morgan fingerprint density at radius 3 is 1.97 bits per heavy atom. The van der Waals surface area contributed by atoms with Crippen molar-refractivity contribution in [1.29, 1.82) is 0 Å². The molecule has 1 aromatic heterocycles. The minimum absolute atomic E-state index is 0.0147. The number of likely N-dealkylation sites (N-methyl/N-ethyl adjacent to an activating group) is 1. The Kier molecular flexibility index (Phi) is 35.5.